The summed E-state index contributed by atoms with van der Waals surface area (Å²) in [6.07, 6.45) is -0.592. The van der Waals surface area contributed by atoms with E-state index < -0.39 is 36.0 Å². The molecule has 0 radical (unpaired) electrons. The Morgan fingerprint density at radius 3 is 2.43 bits per heavy atom. The Morgan fingerprint density at radius 2 is 1.90 bits per heavy atom. The lowest BCUT2D eigenvalue weighted by Gasteiger charge is -2.14. The van der Waals surface area contributed by atoms with Gasteiger partial charge in [0.2, 0.25) is 5.91 Å². The number of carboxylic acids is 1. The maximum absolute atomic E-state index is 12.4. The molecule has 21 heavy (non-hydrogen) atoms. The van der Waals surface area contributed by atoms with E-state index in [0.29, 0.717) is 0 Å². The predicted octanol–water partition coefficient (Wildman–Crippen LogP) is 1.06. The first-order chi connectivity index (χ1) is 9.81. The van der Waals surface area contributed by atoms with Crippen molar-refractivity contribution >= 4 is 29.5 Å². The van der Waals surface area contributed by atoms with Crippen LogP contribution in [0.15, 0.2) is 29.2 Å². The molecule has 1 rings (SSSR count). The van der Waals surface area contributed by atoms with Gasteiger partial charge in [0, 0.05) is 4.90 Å². The molecule has 0 unspecified atom stereocenters. The molecule has 1 aromatic rings. The van der Waals surface area contributed by atoms with Crippen LogP contribution in [0.3, 0.4) is 0 Å². The first-order valence-electron chi connectivity index (χ1n) is 5.67. The molecule has 0 bridgehead atoms. The van der Waals surface area contributed by atoms with Gasteiger partial charge in [0.15, 0.2) is 0 Å². The molecule has 0 saturated carbocycles. The molecule has 0 aliphatic carbocycles. The number of nitrogens with two attached hydrogens (primary N) is 1. The highest BCUT2D eigenvalue weighted by Gasteiger charge is 2.24. The number of halogens is 2. The van der Waals surface area contributed by atoms with Gasteiger partial charge in [-0.2, -0.15) is 8.78 Å². The fraction of sp³-hybridized carbons (Fsp3) is 0.250. The van der Waals surface area contributed by atoms with Crippen LogP contribution in [0.1, 0.15) is 16.8 Å². The van der Waals surface area contributed by atoms with Gasteiger partial charge in [0.25, 0.3) is 11.7 Å². The van der Waals surface area contributed by atoms with Crippen molar-refractivity contribution in [1.29, 1.82) is 0 Å². The van der Waals surface area contributed by atoms with E-state index in [-0.39, 0.29) is 22.2 Å². The number of thioether (sulfide) groups is 1. The molecule has 0 spiro atoms. The van der Waals surface area contributed by atoms with Crippen molar-refractivity contribution in [2.24, 2.45) is 5.73 Å². The van der Waals surface area contributed by atoms with Crippen LogP contribution in [0.5, 0.6) is 0 Å². The van der Waals surface area contributed by atoms with E-state index in [0.717, 1.165) is 0 Å². The molecule has 1 aromatic carbocycles. The van der Waals surface area contributed by atoms with Gasteiger partial charge in [-0.3, -0.25) is 9.59 Å². The van der Waals surface area contributed by atoms with Crippen molar-refractivity contribution in [3.05, 3.63) is 29.8 Å². The van der Waals surface area contributed by atoms with Gasteiger partial charge in [-0.15, -0.1) is 0 Å². The highest BCUT2D eigenvalue weighted by Crippen LogP contribution is 2.28. The first-order valence-corrected chi connectivity index (χ1v) is 6.55. The number of carboxylic acid groups (broad SMARTS) is 1. The topological polar surface area (TPSA) is 109 Å². The molecule has 0 heterocycles. The highest BCUT2D eigenvalue weighted by molar-refractivity contribution is 7.99. The third-order valence-corrected chi connectivity index (χ3v) is 3.14. The first kappa shape index (κ1) is 16.9. The molecule has 1 atom stereocenters. The standard InChI is InChI=1S/C12H12F2N2O4S/c13-12(14)21-8-4-2-1-3-6(8)10(18)16-7(11(19)20)5-9(15)17/h1-4,7,12H,5H2,(H2,15,17)(H,16,18)(H,19,20)/t7-/m0/s1. The minimum atomic E-state index is -2.72. The molecule has 0 aliphatic rings. The van der Waals surface area contributed by atoms with E-state index in [1.165, 1.54) is 24.3 Å². The molecule has 0 saturated heterocycles. The lowest BCUT2D eigenvalue weighted by Crippen LogP contribution is -2.43. The molecule has 2 amide bonds. The smallest absolute Gasteiger partial charge is 0.326 e. The zero-order valence-corrected chi connectivity index (χ0v) is 11.4. The minimum Gasteiger partial charge on any atom is -0.480 e. The summed E-state index contributed by atoms with van der Waals surface area (Å²) in [4.78, 5) is 33.6. The summed E-state index contributed by atoms with van der Waals surface area (Å²) in [6.45, 7) is 0. The summed E-state index contributed by atoms with van der Waals surface area (Å²) in [5.41, 5.74) is 4.79. The van der Waals surface area contributed by atoms with Gasteiger partial charge in [0.05, 0.1) is 12.0 Å². The van der Waals surface area contributed by atoms with Crippen LogP contribution >= 0.6 is 11.8 Å². The fourth-order valence-electron chi connectivity index (χ4n) is 1.49. The second-order valence-electron chi connectivity index (χ2n) is 3.91. The van der Waals surface area contributed by atoms with E-state index in [1.54, 1.807) is 0 Å². The summed E-state index contributed by atoms with van der Waals surface area (Å²) < 4.78 is 24.8. The average Bonchev–Trinajstić information content (AvgIpc) is 2.37. The molecule has 4 N–H and O–H groups in total. The zero-order valence-electron chi connectivity index (χ0n) is 10.6. The number of carbonyl (C=O) groups excluding carboxylic acids is 2. The molecular weight excluding hydrogens is 306 g/mol. The second-order valence-corrected chi connectivity index (χ2v) is 4.94. The SMILES string of the molecule is NC(=O)C[C@H](NC(=O)c1ccccc1SC(F)F)C(=O)O. The van der Waals surface area contributed by atoms with Crippen molar-refractivity contribution in [2.45, 2.75) is 23.1 Å². The second kappa shape index (κ2) is 7.58. The number of alkyl halides is 2. The number of primary amides is 1. The lowest BCUT2D eigenvalue weighted by molar-refractivity contribution is -0.140. The number of carbonyl (C=O) groups is 3. The van der Waals surface area contributed by atoms with Crippen molar-refractivity contribution < 1.29 is 28.3 Å². The van der Waals surface area contributed by atoms with Gasteiger partial charge >= 0.3 is 5.97 Å². The van der Waals surface area contributed by atoms with Gasteiger partial charge in [-0.05, 0) is 12.1 Å². The number of amides is 2. The maximum atomic E-state index is 12.4. The Bertz CT molecular complexity index is 554. The van der Waals surface area contributed by atoms with E-state index in [4.69, 9.17) is 10.8 Å². The third kappa shape index (κ3) is 5.38. The summed E-state index contributed by atoms with van der Waals surface area (Å²) >= 11 is 0.170. The Morgan fingerprint density at radius 1 is 1.29 bits per heavy atom. The van der Waals surface area contributed by atoms with Crippen LogP contribution in [-0.2, 0) is 9.59 Å². The Labute approximate surface area is 122 Å². The van der Waals surface area contributed by atoms with Gasteiger partial charge in [-0.25, -0.2) is 4.79 Å². The largest absolute Gasteiger partial charge is 0.480 e. The Kier molecular flexibility index (Phi) is 6.10. The van der Waals surface area contributed by atoms with Crippen LogP contribution < -0.4 is 11.1 Å². The molecule has 0 aliphatic heterocycles. The monoisotopic (exact) mass is 318 g/mol. The molecule has 0 fully saturated rings. The molecule has 114 valence electrons. The zero-order chi connectivity index (χ0) is 16.0. The minimum absolute atomic E-state index is 0.00761. The number of aliphatic carboxylic acids is 1. The van der Waals surface area contributed by atoms with Crippen LogP contribution in [0.25, 0.3) is 0 Å². The van der Waals surface area contributed by atoms with Crippen molar-refractivity contribution in [2.75, 3.05) is 0 Å². The Hall–Kier alpha value is -2.16. The normalized spacial score (nSPS) is 12.0. The summed E-state index contributed by atoms with van der Waals surface area (Å²) in [5, 5.41) is 11.0. The van der Waals surface area contributed by atoms with E-state index in [2.05, 4.69) is 5.32 Å². The predicted molar refractivity (Wildman–Crippen MR) is 71.0 cm³/mol. The van der Waals surface area contributed by atoms with Crippen molar-refractivity contribution in [1.82, 2.24) is 5.32 Å². The Balaban J connectivity index is 2.92. The van der Waals surface area contributed by atoms with Crippen molar-refractivity contribution in [3.8, 4) is 0 Å². The van der Waals surface area contributed by atoms with E-state index >= 15 is 0 Å². The van der Waals surface area contributed by atoms with Crippen LogP contribution in [0.4, 0.5) is 8.78 Å². The molecule has 6 nitrogen and oxygen atoms in total. The third-order valence-electron chi connectivity index (χ3n) is 2.36. The average molecular weight is 318 g/mol. The summed E-state index contributed by atoms with van der Waals surface area (Å²) in [7, 11) is 0. The maximum Gasteiger partial charge on any atom is 0.326 e. The summed E-state index contributed by atoms with van der Waals surface area (Å²) in [5.74, 6) is -5.94. The van der Waals surface area contributed by atoms with E-state index in [9.17, 15) is 23.2 Å². The number of nitrogens with one attached hydrogen (secondary N) is 1. The number of hydrogen-bond acceptors (Lipinski definition) is 4. The van der Waals surface area contributed by atoms with Crippen LogP contribution in [0, 0.1) is 0 Å². The van der Waals surface area contributed by atoms with Crippen LogP contribution in [0.2, 0.25) is 0 Å². The quantitative estimate of drug-likeness (QED) is 0.651. The molecule has 9 heteroatoms. The molecule has 0 aromatic heterocycles. The number of hydrogen-bond donors (Lipinski definition) is 3. The highest BCUT2D eigenvalue weighted by atomic mass is 32.2. The summed E-state index contributed by atoms with van der Waals surface area (Å²) in [6, 6.07) is 4.01. The molecular formula is C12H12F2N2O4S. The van der Waals surface area contributed by atoms with Gasteiger partial charge in [0.1, 0.15) is 6.04 Å². The number of benzene rings is 1. The van der Waals surface area contributed by atoms with Gasteiger partial charge in [-0.1, -0.05) is 23.9 Å². The fourth-order valence-corrected chi connectivity index (χ4v) is 2.13. The van der Waals surface area contributed by atoms with E-state index in [1.807, 2.05) is 0 Å². The van der Waals surface area contributed by atoms with Gasteiger partial charge < -0.3 is 16.2 Å². The van der Waals surface area contributed by atoms with Crippen molar-refractivity contribution in [3.63, 3.8) is 0 Å². The lowest BCUT2D eigenvalue weighted by atomic mass is 10.1. The van der Waals surface area contributed by atoms with Crippen LogP contribution in [-0.4, -0.2) is 34.7 Å². The number of rotatable bonds is 7.